The fourth-order valence-corrected chi connectivity index (χ4v) is 1.45. The van der Waals surface area contributed by atoms with Gasteiger partial charge in [0, 0.05) is 5.69 Å². The molecular formula is C12H9N3O3. The van der Waals surface area contributed by atoms with E-state index in [-0.39, 0.29) is 5.88 Å². The lowest BCUT2D eigenvalue weighted by Crippen LogP contribution is -1.98. The number of hydrogen-bond acceptors (Lipinski definition) is 5. The van der Waals surface area contributed by atoms with E-state index in [1.165, 1.54) is 6.07 Å². The van der Waals surface area contributed by atoms with Crippen molar-refractivity contribution in [2.24, 2.45) is 0 Å². The van der Waals surface area contributed by atoms with Gasteiger partial charge in [-0.05, 0) is 24.3 Å². The third-order valence-corrected chi connectivity index (χ3v) is 2.29. The van der Waals surface area contributed by atoms with E-state index in [1.54, 1.807) is 30.3 Å². The SMILES string of the molecule is N#Cc1cccc(NCc2ccc([N+](=O)[O-])o2)c1. The first-order chi connectivity index (χ1) is 8.69. The van der Waals surface area contributed by atoms with Crippen molar-refractivity contribution in [2.75, 3.05) is 5.32 Å². The molecule has 2 aromatic rings. The van der Waals surface area contributed by atoms with Crippen LogP contribution >= 0.6 is 0 Å². The molecule has 0 spiro atoms. The number of anilines is 1. The van der Waals surface area contributed by atoms with Crippen LogP contribution in [0.4, 0.5) is 11.6 Å². The summed E-state index contributed by atoms with van der Waals surface area (Å²) in [6.45, 7) is 0.322. The summed E-state index contributed by atoms with van der Waals surface area (Å²) in [4.78, 5) is 9.84. The average molecular weight is 243 g/mol. The van der Waals surface area contributed by atoms with Gasteiger partial charge in [-0.25, -0.2) is 0 Å². The van der Waals surface area contributed by atoms with E-state index in [0.29, 0.717) is 17.9 Å². The van der Waals surface area contributed by atoms with Crippen molar-refractivity contribution in [1.82, 2.24) is 0 Å². The molecule has 1 aromatic heterocycles. The molecule has 0 saturated carbocycles. The van der Waals surface area contributed by atoms with E-state index in [2.05, 4.69) is 5.32 Å². The van der Waals surface area contributed by atoms with Crippen LogP contribution in [0.3, 0.4) is 0 Å². The second kappa shape index (κ2) is 5.01. The molecule has 1 heterocycles. The fraction of sp³-hybridized carbons (Fsp3) is 0.0833. The third-order valence-electron chi connectivity index (χ3n) is 2.29. The summed E-state index contributed by atoms with van der Waals surface area (Å²) in [5.41, 5.74) is 1.30. The summed E-state index contributed by atoms with van der Waals surface area (Å²) >= 11 is 0. The van der Waals surface area contributed by atoms with E-state index >= 15 is 0 Å². The van der Waals surface area contributed by atoms with Crippen LogP contribution in [0, 0.1) is 21.4 Å². The Labute approximate surface area is 103 Å². The number of nitriles is 1. The van der Waals surface area contributed by atoms with Crippen LogP contribution in [0.5, 0.6) is 0 Å². The Morgan fingerprint density at radius 2 is 2.22 bits per heavy atom. The highest BCUT2D eigenvalue weighted by molar-refractivity contribution is 5.49. The Hall–Kier alpha value is -2.81. The molecule has 2 rings (SSSR count). The highest BCUT2D eigenvalue weighted by Gasteiger charge is 2.11. The van der Waals surface area contributed by atoms with Gasteiger partial charge in [-0.1, -0.05) is 6.07 Å². The smallest absolute Gasteiger partial charge is 0.404 e. The van der Waals surface area contributed by atoms with Gasteiger partial charge in [-0.2, -0.15) is 5.26 Å². The molecule has 1 aromatic carbocycles. The highest BCUT2D eigenvalue weighted by atomic mass is 16.6. The van der Waals surface area contributed by atoms with Crippen molar-refractivity contribution in [3.8, 4) is 6.07 Å². The van der Waals surface area contributed by atoms with Gasteiger partial charge in [0.25, 0.3) is 0 Å². The van der Waals surface area contributed by atoms with Crippen molar-refractivity contribution in [3.05, 3.63) is 57.8 Å². The maximum atomic E-state index is 10.4. The zero-order chi connectivity index (χ0) is 13.0. The molecule has 6 heteroatoms. The molecule has 0 unspecified atom stereocenters. The summed E-state index contributed by atoms with van der Waals surface area (Å²) in [6, 6.07) is 11.8. The minimum Gasteiger partial charge on any atom is -0.404 e. The number of nitro groups is 1. The van der Waals surface area contributed by atoms with Crippen molar-refractivity contribution in [1.29, 1.82) is 5.26 Å². The molecule has 0 radical (unpaired) electrons. The van der Waals surface area contributed by atoms with Gasteiger partial charge >= 0.3 is 5.88 Å². The first-order valence-corrected chi connectivity index (χ1v) is 5.16. The maximum absolute atomic E-state index is 10.4. The lowest BCUT2D eigenvalue weighted by molar-refractivity contribution is -0.402. The number of nitrogens with one attached hydrogen (secondary N) is 1. The van der Waals surface area contributed by atoms with Gasteiger partial charge in [0.2, 0.25) is 0 Å². The second-order valence-electron chi connectivity index (χ2n) is 3.54. The first-order valence-electron chi connectivity index (χ1n) is 5.16. The Morgan fingerprint density at radius 1 is 1.39 bits per heavy atom. The molecule has 0 saturated heterocycles. The molecule has 0 fully saturated rings. The number of nitrogens with zero attached hydrogens (tertiary/aromatic N) is 2. The molecule has 1 N–H and O–H groups in total. The second-order valence-corrected chi connectivity index (χ2v) is 3.54. The molecule has 0 aliphatic carbocycles. The predicted molar refractivity (Wildman–Crippen MR) is 63.8 cm³/mol. The topological polar surface area (TPSA) is 92.1 Å². The normalized spacial score (nSPS) is 9.72. The van der Waals surface area contributed by atoms with Gasteiger partial charge in [0.1, 0.15) is 10.7 Å². The van der Waals surface area contributed by atoms with Gasteiger partial charge in [0.05, 0.1) is 24.2 Å². The average Bonchev–Trinajstić information content (AvgIpc) is 2.85. The fourth-order valence-electron chi connectivity index (χ4n) is 1.45. The molecule has 0 aliphatic rings. The van der Waals surface area contributed by atoms with Crippen molar-refractivity contribution in [3.63, 3.8) is 0 Å². The monoisotopic (exact) mass is 243 g/mol. The largest absolute Gasteiger partial charge is 0.433 e. The van der Waals surface area contributed by atoms with Gasteiger partial charge in [-0.3, -0.25) is 10.1 Å². The van der Waals surface area contributed by atoms with Gasteiger partial charge in [-0.15, -0.1) is 0 Å². The lowest BCUT2D eigenvalue weighted by Gasteiger charge is -2.03. The van der Waals surface area contributed by atoms with Crippen LogP contribution < -0.4 is 5.32 Å². The molecule has 18 heavy (non-hydrogen) atoms. The number of rotatable bonds is 4. The minimum absolute atomic E-state index is 0.280. The van der Waals surface area contributed by atoms with Crippen LogP contribution in [0.2, 0.25) is 0 Å². The number of benzene rings is 1. The van der Waals surface area contributed by atoms with Crippen molar-refractivity contribution >= 4 is 11.6 Å². The molecule has 0 atom stereocenters. The van der Waals surface area contributed by atoms with Crippen molar-refractivity contribution in [2.45, 2.75) is 6.54 Å². The summed E-state index contributed by atoms with van der Waals surface area (Å²) < 4.78 is 5.00. The zero-order valence-electron chi connectivity index (χ0n) is 9.29. The molecule has 0 amide bonds. The van der Waals surface area contributed by atoms with E-state index < -0.39 is 4.92 Å². The summed E-state index contributed by atoms with van der Waals surface area (Å²) in [6.07, 6.45) is 0. The van der Waals surface area contributed by atoms with Crippen molar-refractivity contribution < 1.29 is 9.34 Å². The van der Waals surface area contributed by atoms with E-state index in [4.69, 9.17) is 9.68 Å². The van der Waals surface area contributed by atoms with Crippen LogP contribution in [0.15, 0.2) is 40.8 Å². The third kappa shape index (κ3) is 2.65. The van der Waals surface area contributed by atoms with E-state index in [0.717, 1.165) is 5.69 Å². The molecular weight excluding hydrogens is 234 g/mol. The Bertz CT molecular complexity index is 613. The zero-order valence-corrected chi connectivity index (χ0v) is 9.29. The Morgan fingerprint density at radius 3 is 2.89 bits per heavy atom. The van der Waals surface area contributed by atoms with Gasteiger partial charge in [0.15, 0.2) is 0 Å². The molecule has 6 nitrogen and oxygen atoms in total. The van der Waals surface area contributed by atoms with Crippen LogP contribution in [-0.4, -0.2) is 4.92 Å². The summed E-state index contributed by atoms with van der Waals surface area (Å²) in [7, 11) is 0. The number of hydrogen-bond donors (Lipinski definition) is 1. The van der Waals surface area contributed by atoms with Crippen LogP contribution in [-0.2, 0) is 6.54 Å². The maximum Gasteiger partial charge on any atom is 0.433 e. The first kappa shape index (κ1) is 11.7. The summed E-state index contributed by atoms with van der Waals surface area (Å²) in [5, 5.41) is 22.2. The standard InChI is InChI=1S/C12H9N3O3/c13-7-9-2-1-3-10(6-9)14-8-11-4-5-12(18-11)15(16)17/h1-6,14H,8H2. The van der Waals surface area contributed by atoms with E-state index in [9.17, 15) is 10.1 Å². The Balaban J connectivity index is 2.02. The summed E-state index contributed by atoms with van der Waals surface area (Å²) in [5.74, 6) is 0.182. The van der Waals surface area contributed by atoms with Gasteiger partial charge < -0.3 is 9.73 Å². The molecule has 0 aliphatic heterocycles. The predicted octanol–water partition coefficient (Wildman–Crippen LogP) is 2.67. The minimum atomic E-state index is -0.584. The van der Waals surface area contributed by atoms with Crippen LogP contribution in [0.1, 0.15) is 11.3 Å². The lowest BCUT2D eigenvalue weighted by atomic mass is 10.2. The number of furan rings is 1. The molecule has 90 valence electrons. The van der Waals surface area contributed by atoms with Crippen LogP contribution in [0.25, 0.3) is 0 Å². The molecule has 0 bridgehead atoms. The highest BCUT2D eigenvalue weighted by Crippen LogP contribution is 2.17. The quantitative estimate of drug-likeness (QED) is 0.658. The van der Waals surface area contributed by atoms with E-state index in [1.807, 2.05) is 6.07 Å². The Kier molecular flexibility index (Phi) is 3.25.